The predicted octanol–water partition coefficient (Wildman–Crippen LogP) is 1.44. The normalized spacial score (nSPS) is 11.4. The van der Waals surface area contributed by atoms with Crippen molar-refractivity contribution in [3.8, 4) is 0 Å². The quantitative estimate of drug-likeness (QED) is 0.388. The topological polar surface area (TPSA) is 57.5 Å². The van der Waals surface area contributed by atoms with E-state index in [-0.39, 0.29) is 24.0 Å². The Hall–Kier alpha value is -0.830. The Morgan fingerprint density at radius 3 is 2.71 bits per heavy atom. The first-order valence-electron chi connectivity index (χ1n) is 7.27. The smallest absolute Gasteiger partial charge is 0.191 e. The maximum absolute atomic E-state index is 4.22. The predicted molar refractivity (Wildman–Crippen MR) is 99.2 cm³/mol. The van der Waals surface area contributed by atoms with Gasteiger partial charge in [0.25, 0.3) is 0 Å². The van der Waals surface area contributed by atoms with Gasteiger partial charge in [0.2, 0.25) is 0 Å². The van der Waals surface area contributed by atoms with Crippen LogP contribution in [0.25, 0.3) is 0 Å². The number of nitrogens with zero attached hydrogens (tertiary/aromatic N) is 4. The Labute approximate surface area is 145 Å². The van der Waals surface area contributed by atoms with Crippen LogP contribution in [-0.2, 0) is 13.6 Å². The van der Waals surface area contributed by atoms with E-state index in [1.807, 2.05) is 17.8 Å². The molecule has 7 heteroatoms. The fourth-order valence-corrected chi connectivity index (χ4v) is 1.87. The minimum atomic E-state index is 0. The van der Waals surface area contributed by atoms with Gasteiger partial charge in [0.05, 0.1) is 12.2 Å². The van der Waals surface area contributed by atoms with Gasteiger partial charge in [0.1, 0.15) is 0 Å². The molecule has 0 amide bonds. The second kappa shape index (κ2) is 11.8. The average molecular weight is 408 g/mol. The second-order valence-corrected chi connectivity index (χ2v) is 4.96. The molecule has 0 radical (unpaired) electrons. The van der Waals surface area contributed by atoms with Crippen LogP contribution >= 0.6 is 24.0 Å². The number of aromatic nitrogens is 2. The molecule has 0 bridgehead atoms. The third kappa shape index (κ3) is 8.25. The van der Waals surface area contributed by atoms with E-state index < -0.39 is 0 Å². The zero-order valence-corrected chi connectivity index (χ0v) is 15.9. The van der Waals surface area contributed by atoms with Crippen molar-refractivity contribution in [1.29, 1.82) is 0 Å². The van der Waals surface area contributed by atoms with Crippen molar-refractivity contribution in [2.45, 2.75) is 26.3 Å². The summed E-state index contributed by atoms with van der Waals surface area (Å²) in [7, 11) is 5.89. The van der Waals surface area contributed by atoms with Gasteiger partial charge in [-0.25, -0.2) is 0 Å². The molecule has 1 heterocycles. The van der Waals surface area contributed by atoms with E-state index >= 15 is 0 Å². The number of halogens is 1. The lowest BCUT2D eigenvalue weighted by atomic mass is 10.3. The van der Waals surface area contributed by atoms with Gasteiger partial charge in [0, 0.05) is 33.4 Å². The average Bonchev–Trinajstić information content (AvgIpc) is 2.85. The van der Waals surface area contributed by atoms with Crippen LogP contribution in [0.1, 0.15) is 25.5 Å². The summed E-state index contributed by atoms with van der Waals surface area (Å²) in [4.78, 5) is 6.56. The van der Waals surface area contributed by atoms with Gasteiger partial charge < -0.3 is 15.5 Å². The lowest BCUT2D eigenvalue weighted by molar-refractivity contribution is 0.332. The van der Waals surface area contributed by atoms with Crippen molar-refractivity contribution in [3.63, 3.8) is 0 Å². The lowest BCUT2D eigenvalue weighted by Gasteiger charge is -2.18. The minimum Gasteiger partial charge on any atom is -0.355 e. The molecular weight excluding hydrogens is 379 g/mol. The minimum absolute atomic E-state index is 0. The highest BCUT2D eigenvalue weighted by Gasteiger charge is 2.02. The SMILES string of the molecule is CCCCN(C)CCNC(=NC)NCc1ccnn1C.I. The van der Waals surface area contributed by atoms with Crippen LogP contribution in [0.5, 0.6) is 0 Å². The van der Waals surface area contributed by atoms with Crippen LogP contribution in [0.2, 0.25) is 0 Å². The van der Waals surface area contributed by atoms with Gasteiger partial charge in [-0.3, -0.25) is 9.67 Å². The van der Waals surface area contributed by atoms with Crippen molar-refractivity contribution >= 4 is 29.9 Å². The molecule has 0 aliphatic carbocycles. The standard InChI is InChI=1S/C14H28N6.HI/c1-5-6-10-19(3)11-9-16-14(15-2)17-12-13-7-8-18-20(13)4;/h7-8H,5-6,9-12H2,1-4H3,(H2,15,16,17);1H. The highest BCUT2D eigenvalue weighted by atomic mass is 127. The van der Waals surface area contributed by atoms with Crippen LogP contribution < -0.4 is 10.6 Å². The molecule has 0 aromatic carbocycles. The van der Waals surface area contributed by atoms with E-state index in [0.717, 1.165) is 37.8 Å². The molecule has 1 aromatic rings. The van der Waals surface area contributed by atoms with Gasteiger partial charge in [-0.05, 0) is 26.1 Å². The van der Waals surface area contributed by atoms with Crippen LogP contribution in [0.4, 0.5) is 0 Å². The van der Waals surface area contributed by atoms with E-state index in [4.69, 9.17) is 0 Å². The number of likely N-dealkylation sites (N-methyl/N-ethyl adjacent to an activating group) is 1. The first-order valence-corrected chi connectivity index (χ1v) is 7.27. The van der Waals surface area contributed by atoms with Gasteiger partial charge in [0.15, 0.2) is 5.96 Å². The Bertz CT molecular complexity index is 404. The Kier molecular flexibility index (Phi) is 11.3. The van der Waals surface area contributed by atoms with Crippen LogP contribution in [-0.4, -0.2) is 54.4 Å². The van der Waals surface area contributed by atoms with Crippen LogP contribution in [0, 0.1) is 0 Å². The molecule has 0 aliphatic rings. The van der Waals surface area contributed by atoms with E-state index in [0.29, 0.717) is 0 Å². The largest absolute Gasteiger partial charge is 0.355 e. The van der Waals surface area contributed by atoms with Gasteiger partial charge >= 0.3 is 0 Å². The van der Waals surface area contributed by atoms with E-state index in [2.05, 4.69) is 39.6 Å². The van der Waals surface area contributed by atoms with Gasteiger partial charge in [-0.15, -0.1) is 24.0 Å². The summed E-state index contributed by atoms with van der Waals surface area (Å²) in [5.41, 5.74) is 1.13. The molecule has 0 unspecified atom stereocenters. The van der Waals surface area contributed by atoms with E-state index in [9.17, 15) is 0 Å². The number of guanidine groups is 1. The molecule has 0 saturated heterocycles. The third-order valence-corrected chi connectivity index (χ3v) is 3.26. The number of nitrogens with one attached hydrogen (secondary N) is 2. The van der Waals surface area contributed by atoms with Gasteiger partial charge in [-0.2, -0.15) is 5.10 Å². The molecule has 0 aliphatic heterocycles. The maximum atomic E-state index is 4.22. The molecule has 6 nitrogen and oxygen atoms in total. The van der Waals surface area contributed by atoms with Crippen LogP contribution in [0.15, 0.2) is 17.3 Å². The summed E-state index contributed by atoms with van der Waals surface area (Å²) in [5.74, 6) is 0.829. The summed E-state index contributed by atoms with van der Waals surface area (Å²) in [6.07, 6.45) is 4.30. The number of hydrogen-bond donors (Lipinski definition) is 2. The summed E-state index contributed by atoms with van der Waals surface area (Å²) in [6.45, 7) is 6.01. The lowest BCUT2D eigenvalue weighted by Crippen LogP contribution is -2.41. The molecule has 1 rings (SSSR count). The van der Waals surface area contributed by atoms with Crippen molar-refractivity contribution < 1.29 is 0 Å². The Morgan fingerprint density at radius 2 is 2.14 bits per heavy atom. The molecule has 2 N–H and O–H groups in total. The molecule has 21 heavy (non-hydrogen) atoms. The molecule has 0 atom stereocenters. The summed E-state index contributed by atoms with van der Waals surface area (Å²) < 4.78 is 1.86. The van der Waals surface area contributed by atoms with Crippen molar-refractivity contribution in [2.75, 3.05) is 33.7 Å². The number of aryl methyl sites for hydroxylation is 1. The molecule has 0 spiro atoms. The van der Waals surface area contributed by atoms with Crippen molar-refractivity contribution in [2.24, 2.45) is 12.0 Å². The Balaban J connectivity index is 0.00000400. The fourth-order valence-electron chi connectivity index (χ4n) is 1.87. The number of hydrogen-bond acceptors (Lipinski definition) is 3. The summed E-state index contributed by atoms with van der Waals surface area (Å²) in [5, 5.41) is 10.8. The zero-order valence-electron chi connectivity index (χ0n) is 13.6. The first kappa shape index (κ1) is 20.2. The summed E-state index contributed by atoms with van der Waals surface area (Å²) >= 11 is 0. The van der Waals surface area contributed by atoms with Crippen LogP contribution in [0.3, 0.4) is 0 Å². The summed E-state index contributed by atoms with van der Waals surface area (Å²) in [6, 6.07) is 2.00. The number of unbranched alkanes of at least 4 members (excludes halogenated alkanes) is 1. The van der Waals surface area contributed by atoms with E-state index in [1.165, 1.54) is 12.8 Å². The van der Waals surface area contributed by atoms with Crippen molar-refractivity contribution in [3.05, 3.63) is 18.0 Å². The molecule has 0 fully saturated rings. The third-order valence-electron chi connectivity index (χ3n) is 3.26. The van der Waals surface area contributed by atoms with E-state index in [1.54, 1.807) is 13.2 Å². The molecular formula is C14H29IN6. The first-order chi connectivity index (χ1) is 9.67. The second-order valence-electron chi connectivity index (χ2n) is 4.96. The number of aliphatic imine (C=N–C) groups is 1. The highest BCUT2D eigenvalue weighted by molar-refractivity contribution is 14.0. The van der Waals surface area contributed by atoms with Gasteiger partial charge in [-0.1, -0.05) is 13.3 Å². The fraction of sp³-hybridized carbons (Fsp3) is 0.714. The van der Waals surface area contributed by atoms with Crippen molar-refractivity contribution in [1.82, 2.24) is 25.3 Å². The molecule has 0 saturated carbocycles. The maximum Gasteiger partial charge on any atom is 0.191 e. The Morgan fingerprint density at radius 1 is 1.38 bits per heavy atom. The monoisotopic (exact) mass is 408 g/mol. The highest BCUT2D eigenvalue weighted by Crippen LogP contribution is 1.94. The number of rotatable bonds is 8. The zero-order chi connectivity index (χ0) is 14.8. The molecule has 1 aromatic heterocycles. The molecule has 122 valence electrons.